The van der Waals surface area contributed by atoms with Crippen LogP contribution < -0.4 is 4.74 Å². The second-order valence-corrected chi connectivity index (χ2v) is 4.51. The lowest BCUT2D eigenvalue weighted by atomic mass is 10.1. The molecular weight excluding hydrogens is 315 g/mol. The third-order valence-corrected chi connectivity index (χ3v) is 2.87. The second kappa shape index (κ2) is 6.40. The largest absolute Gasteiger partial charge is 0.463 e. The third kappa shape index (κ3) is 3.58. The number of rotatable bonds is 5. The molecule has 14 heavy (non-hydrogen) atoms. The Kier molecular flexibility index (Phi) is 5.48. The van der Waals surface area contributed by atoms with E-state index in [1.807, 2.05) is 12.1 Å². The Morgan fingerprint density at radius 2 is 2.14 bits per heavy atom. The molecule has 78 valence electrons. The van der Waals surface area contributed by atoms with Crippen LogP contribution in [0.2, 0.25) is 0 Å². The van der Waals surface area contributed by atoms with Gasteiger partial charge in [-0.05, 0) is 30.5 Å². The Morgan fingerprint density at radius 3 is 2.79 bits per heavy atom. The molecule has 0 bridgehead atoms. The van der Waals surface area contributed by atoms with E-state index in [9.17, 15) is 4.39 Å². The lowest BCUT2D eigenvalue weighted by Gasteiger charge is -2.08. The number of aryl methyl sites for hydroxylation is 1. The van der Waals surface area contributed by atoms with Crippen molar-refractivity contribution in [2.75, 3.05) is 12.2 Å². The highest BCUT2D eigenvalue weighted by atomic mass is 79.9. The van der Waals surface area contributed by atoms with Gasteiger partial charge in [-0.3, -0.25) is 0 Å². The number of alkyl halides is 2. The predicted molar refractivity (Wildman–Crippen MR) is 62.9 cm³/mol. The lowest BCUT2D eigenvalue weighted by Crippen LogP contribution is -1.96. The van der Waals surface area contributed by atoms with Crippen LogP contribution in [0.1, 0.15) is 12.0 Å². The van der Waals surface area contributed by atoms with Crippen molar-refractivity contribution in [2.45, 2.75) is 12.8 Å². The molecule has 0 aliphatic rings. The van der Waals surface area contributed by atoms with Crippen molar-refractivity contribution in [1.82, 2.24) is 0 Å². The number of hydrogen-bond acceptors (Lipinski definition) is 1. The summed E-state index contributed by atoms with van der Waals surface area (Å²) in [6.07, 6.45) is 1.91. The molecule has 1 aromatic rings. The van der Waals surface area contributed by atoms with Gasteiger partial charge in [0.25, 0.3) is 0 Å². The van der Waals surface area contributed by atoms with Gasteiger partial charge in [-0.25, -0.2) is 4.39 Å². The average molecular weight is 326 g/mol. The van der Waals surface area contributed by atoms with Gasteiger partial charge >= 0.3 is 0 Å². The molecule has 0 saturated carbocycles. The SMILES string of the molecule is FCOc1cc(Br)ccc1CCCBr. The Labute approximate surface area is 99.9 Å². The average Bonchev–Trinajstić information content (AvgIpc) is 2.17. The van der Waals surface area contributed by atoms with E-state index in [2.05, 4.69) is 31.9 Å². The van der Waals surface area contributed by atoms with Crippen LogP contribution in [0.4, 0.5) is 4.39 Å². The first-order valence-electron chi connectivity index (χ1n) is 4.31. The monoisotopic (exact) mass is 324 g/mol. The minimum Gasteiger partial charge on any atom is -0.463 e. The smallest absolute Gasteiger partial charge is 0.228 e. The molecule has 0 radical (unpaired) electrons. The normalized spacial score (nSPS) is 10.2. The maximum absolute atomic E-state index is 12.1. The molecule has 1 aromatic carbocycles. The maximum atomic E-state index is 12.1. The molecule has 0 aromatic heterocycles. The van der Waals surface area contributed by atoms with E-state index in [4.69, 9.17) is 4.74 Å². The highest BCUT2D eigenvalue weighted by molar-refractivity contribution is 9.10. The van der Waals surface area contributed by atoms with Crippen molar-refractivity contribution >= 4 is 31.9 Å². The van der Waals surface area contributed by atoms with Crippen molar-refractivity contribution in [3.8, 4) is 5.75 Å². The van der Waals surface area contributed by atoms with Gasteiger partial charge in [0.05, 0.1) is 0 Å². The zero-order valence-corrected chi connectivity index (χ0v) is 10.8. The van der Waals surface area contributed by atoms with Crippen LogP contribution >= 0.6 is 31.9 Å². The van der Waals surface area contributed by atoms with Crippen molar-refractivity contribution < 1.29 is 9.13 Å². The first-order valence-corrected chi connectivity index (χ1v) is 6.22. The summed E-state index contributed by atoms with van der Waals surface area (Å²) in [4.78, 5) is 0. The summed E-state index contributed by atoms with van der Waals surface area (Å²) in [7, 11) is 0. The minimum atomic E-state index is -0.780. The van der Waals surface area contributed by atoms with Gasteiger partial charge in [0.2, 0.25) is 6.86 Å². The first kappa shape index (κ1) is 12.0. The predicted octanol–water partition coefficient (Wildman–Crippen LogP) is 4.08. The molecular formula is C10H11Br2FO. The summed E-state index contributed by atoms with van der Waals surface area (Å²) >= 11 is 6.68. The van der Waals surface area contributed by atoms with Gasteiger partial charge in [0.15, 0.2) is 0 Å². The molecule has 0 amide bonds. The second-order valence-electron chi connectivity index (χ2n) is 2.80. The fourth-order valence-electron chi connectivity index (χ4n) is 1.19. The van der Waals surface area contributed by atoms with E-state index < -0.39 is 6.86 Å². The zero-order valence-electron chi connectivity index (χ0n) is 7.60. The molecule has 0 saturated heterocycles. The molecule has 0 aliphatic heterocycles. The van der Waals surface area contributed by atoms with Gasteiger partial charge in [0, 0.05) is 9.80 Å². The summed E-state index contributed by atoms with van der Waals surface area (Å²) in [5.41, 5.74) is 1.05. The van der Waals surface area contributed by atoms with Crippen molar-refractivity contribution in [3.63, 3.8) is 0 Å². The molecule has 4 heteroatoms. The van der Waals surface area contributed by atoms with Gasteiger partial charge < -0.3 is 4.74 Å². The number of benzene rings is 1. The number of halogens is 3. The molecule has 0 fully saturated rings. The van der Waals surface area contributed by atoms with Gasteiger partial charge in [-0.1, -0.05) is 37.9 Å². The Balaban J connectivity index is 2.78. The lowest BCUT2D eigenvalue weighted by molar-refractivity contribution is 0.190. The first-order chi connectivity index (χ1) is 6.77. The Hall–Kier alpha value is -0.0900. The van der Waals surface area contributed by atoms with Crippen LogP contribution in [0.15, 0.2) is 22.7 Å². The third-order valence-electron chi connectivity index (χ3n) is 1.82. The van der Waals surface area contributed by atoms with E-state index >= 15 is 0 Å². The summed E-state index contributed by atoms with van der Waals surface area (Å²) < 4.78 is 17.9. The molecule has 0 N–H and O–H groups in total. The highest BCUT2D eigenvalue weighted by Gasteiger charge is 2.04. The zero-order chi connectivity index (χ0) is 10.4. The molecule has 1 nitrogen and oxygen atoms in total. The summed E-state index contributed by atoms with van der Waals surface area (Å²) in [6, 6.07) is 5.69. The Bertz CT molecular complexity index is 291. The fourth-order valence-corrected chi connectivity index (χ4v) is 1.81. The Morgan fingerprint density at radius 1 is 1.36 bits per heavy atom. The summed E-state index contributed by atoms with van der Waals surface area (Å²) in [5, 5.41) is 0.943. The van der Waals surface area contributed by atoms with E-state index in [1.54, 1.807) is 6.07 Å². The molecule has 0 aliphatic carbocycles. The number of ether oxygens (including phenoxy) is 1. The van der Waals surface area contributed by atoms with Crippen LogP contribution in [0.25, 0.3) is 0 Å². The van der Waals surface area contributed by atoms with Gasteiger partial charge in [-0.15, -0.1) is 0 Å². The van der Waals surface area contributed by atoms with Crippen molar-refractivity contribution in [2.24, 2.45) is 0 Å². The van der Waals surface area contributed by atoms with Gasteiger partial charge in [-0.2, -0.15) is 0 Å². The van der Waals surface area contributed by atoms with Crippen LogP contribution in [0.5, 0.6) is 5.75 Å². The summed E-state index contributed by atoms with van der Waals surface area (Å²) in [6.45, 7) is -0.780. The van der Waals surface area contributed by atoms with Crippen LogP contribution in [-0.4, -0.2) is 12.2 Å². The molecule has 0 atom stereocenters. The quantitative estimate of drug-likeness (QED) is 0.741. The van der Waals surface area contributed by atoms with Crippen molar-refractivity contribution in [1.29, 1.82) is 0 Å². The number of hydrogen-bond donors (Lipinski definition) is 0. The van der Waals surface area contributed by atoms with E-state index in [1.165, 1.54) is 0 Å². The van der Waals surface area contributed by atoms with E-state index in [0.29, 0.717) is 5.75 Å². The fraction of sp³-hybridized carbons (Fsp3) is 0.400. The van der Waals surface area contributed by atoms with Crippen LogP contribution in [-0.2, 0) is 6.42 Å². The molecule has 0 spiro atoms. The summed E-state index contributed by atoms with van der Waals surface area (Å²) in [5.74, 6) is 0.628. The molecule has 0 unspecified atom stereocenters. The van der Waals surface area contributed by atoms with Crippen LogP contribution in [0, 0.1) is 0 Å². The van der Waals surface area contributed by atoms with E-state index in [0.717, 1.165) is 28.2 Å². The standard InChI is InChI=1S/C10H11Br2FO/c11-5-1-2-8-3-4-9(12)6-10(8)14-7-13/h3-4,6H,1-2,5,7H2. The van der Waals surface area contributed by atoms with Crippen LogP contribution in [0.3, 0.4) is 0 Å². The van der Waals surface area contributed by atoms with Crippen molar-refractivity contribution in [3.05, 3.63) is 28.2 Å². The molecule has 1 rings (SSSR count). The molecule has 0 heterocycles. The highest BCUT2D eigenvalue weighted by Crippen LogP contribution is 2.25. The van der Waals surface area contributed by atoms with E-state index in [-0.39, 0.29) is 0 Å². The minimum absolute atomic E-state index is 0.628. The van der Waals surface area contributed by atoms with Gasteiger partial charge in [0.1, 0.15) is 5.75 Å². The topological polar surface area (TPSA) is 9.23 Å². The maximum Gasteiger partial charge on any atom is 0.228 e.